The minimum Gasteiger partial charge on any atom is -0.396 e. The van der Waals surface area contributed by atoms with Gasteiger partial charge in [0, 0.05) is 6.61 Å². The van der Waals surface area contributed by atoms with Crippen LogP contribution in [0.5, 0.6) is 0 Å². The van der Waals surface area contributed by atoms with Gasteiger partial charge in [0.15, 0.2) is 4.75 Å². The molecule has 0 aliphatic rings. The second-order valence-electron chi connectivity index (χ2n) is 4.97. The molecular weight excluding hydrogens is 304 g/mol. The van der Waals surface area contributed by atoms with Gasteiger partial charge in [0.2, 0.25) is 0 Å². The average Bonchev–Trinajstić information content (AvgIpc) is 2.49. The zero-order chi connectivity index (χ0) is 16.2. The van der Waals surface area contributed by atoms with E-state index in [1.165, 1.54) is 24.3 Å². The molecule has 2 aromatic rings. The first-order valence-corrected chi connectivity index (χ1v) is 8.25. The number of aliphatic hydroxyl groups is 2. The van der Waals surface area contributed by atoms with Crippen LogP contribution >= 0.6 is 0 Å². The van der Waals surface area contributed by atoms with Crippen LogP contribution in [0.2, 0.25) is 0 Å². The maximum Gasteiger partial charge on any atom is 0.281 e. The zero-order valence-electron chi connectivity index (χ0n) is 11.8. The van der Waals surface area contributed by atoms with Crippen LogP contribution in [0.15, 0.2) is 60.7 Å². The van der Waals surface area contributed by atoms with Crippen LogP contribution in [-0.4, -0.2) is 35.9 Å². The fourth-order valence-corrected chi connectivity index (χ4v) is 4.05. The van der Waals surface area contributed by atoms with Gasteiger partial charge < -0.3 is 10.2 Å². The van der Waals surface area contributed by atoms with Crippen molar-refractivity contribution in [3.63, 3.8) is 0 Å². The van der Waals surface area contributed by atoms with Crippen LogP contribution in [-0.2, 0) is 14.9 Å². The van der Waals surface area contributed by atoms with Crippen LogP contribution in [0, 0.1) is 0 Å². The van der Waals surface area contributed by atoms with Gasteiger partial charge in [-0.3, -0.25) is 4.55 Å². The molecule has 0 spiro atoms. The van der Waals surface area contributed by atoms with Crippen LogP contribution in [0.1, 0.15) is 17.5 Å². The molecule has 0 bridgehead atoms. The second kappa shape index (κ2) is 6.58. The first kappa shape index (κ1) is 16.6. The van der Waals surface area contributed by atoms with Gasteiger partial charge in [-0.05, 0) is 17.5 Å². The molecule has 0 saturated heterocycles. The van der Waals surface area contributed by atoms with Gasteiger partial charge in [0.25, 0.3) is 10.1 Å². The van der Waals surface area contributed by atoms with E-state index in [4.69, 9.17) is 5.11 Å². The minimum absolute atomic E-state index is 0.191. The third-order valence-electron chi connectivity index (χ3n) is 3.68. The van der Waals surface area contributed by atoms with E-state index in [1.54, 1.807) is 36.4 Å². The van der Waals surface area contributed by atoms with Gasteiger partial charge in [0.1, 0.15) is 0 Å². The lowest BCUT2D eigenvalue weighted by Gasteiger charge is -2.36. The van der Waals surface area contributed by atoms with Crippen molar-refractivity contribution in [3.05, 3.63) is 71.8 Å². The molecule has 1 unspecified atom stereocenters. The van der Waals surface area contributed by atoms with E-state index in [2.05, 4.69) is 0 Å². The van der Waals surface area contributed by atoms with Crippen molar-refractivity contribution >= 4 is 10.1 Å². The topological polar surface area (TPSA) is 94.8 Å². The molecule has 0 heterocycles. The highest BCUT2D eigenvalue weighted by molar-refractivity contribution is 7.87. The van der Waals surface area contributed by atoms with Crippen LogP contribution in [0.4, 0.5) is 0 Å². The molecule has 6 heteroatoms. The molecule has 2 rings (SSSR count). The van der Waals surface area contributed by atoms with E-state index in [0.29, 0.717) is 0 Å². The van der Waals surface area contributed by atoms with Crippen LogP contribution < -0.4 is 0 Å². The lowest BCUT2D eigenvalue weighted by atomic mass is 9.84. The standard InChI is InChI=1S/C16H18O5S/c17-12-11-15(18)16(22(19,20)21,13-7-3-1-4-8-13)14-9-5-2-6-10-14/h1-10,15,17-18H,11-12H2,(H,19,20,21). The van der Waals surface area contributed by atoms with Crippen molar-refractivity contribution < 1.29 is 23.2 Å². The second-order valence-corrected chi connectivity index (χ2v) is 6.56. The molecule has 0 amide bonds. The summed E-state index contributed by atoms with van der Waals surface area (Å²) in [6.45, 7) is -0.405. The fourth-order valence-electron chi connectivity index (χ4n) is 2.72. The van der Waals surface area contributed by atoms with Gasteiger partial charge in [0.05, 0.1) is 6.10 Å². The van der Waals surface area contributed by atoms with Gasteiger partial charge in [-0.15, -0.1) is 0 Å². The van der Waals surface area contributed by atoms with E-state index >= 15 is 0 Å². The summed E-state index contributed by atoms with van der Waals surface area (Å²) in [5.41, 5.74) is 0.481. The van der Waals surface area contributed by atoms with Gasteiger partial charge in [-0.2, -0.15) is 8.42 Å². The molecule has 0 saturated carbocycles. The van der Waals surface area contributed by atoms with Gasteiger partial charge in [-0.1, -0.05) is 60.7 Å². The van der Waals surface area contributed by atoms with Crippen LogP contribution in [0.3, 0.4) is 0 Å². The highest BCUT2D eigenvalue weighted by atomic mass is 32.2. The summed E-state index contributed by atoms with van der Waals surface area (Å²) in [6.07, 6.45) is -1.69. The molecule has 5 nitrogen and oxygen atoms in total. The third kappa shape index (κ3) is 2.78. The van der Waals surface area contributed by atoms with Crippen molar-refractivity contribution in [1.29, 1.82) is 0 Å². The minimum atomic E-state index is -4.72. The maximum atomic E-state index is 12.3. The predicted molar refractivity (Wildman–Crippen MR) is 82.9 cm³/mol. The largest absolute Gasteiger partial charge is 0.396 e. The highest BCUT2D eigenvalue weighted by Crippen LogP contribution is 2.41. The molecule has 3 N–H and O–H groups in total. The highest BCUT2D eigenvalue weighted by Gasteiger charge is 2.52. The normalized spacial score (nSPS) is 13.8. The Labute approximate surface area is 129 Å². The monoisotopic (exact) mass is 322 g/mol. The quantitative estimate of drug-likeness (QED) is 0.702. The van der Waals surface area contributed by atoms with Crippen molar-refractivity contribution in [1.82, 2.24) is 0 Å². The molecule has 118 valence electrons. The van der Waals surface area contributed by atoms with Crippen molar-refractivity contribution in [2.45, 2.75) is 17.3 Å². The summed E-state index contributed by atoms with van der Waals surface area (Å²) in [5, 5.41) is 19.6. The predicted octanol–water partition coefficient (Wildman–Crippen LogP) is 1.56. The Morgan fingerprint density at radius 3 is 1.64 bits per heavy atom. The first-order valence-electron chi connectivity index (χ1n) is 6.81. The van der Waals surface area contributed by atoms with Crippen molar-refractivity contribution in [2.75, 3.05) is 6.61 Å². The Morgan fingerprint density at radius 1 is 0.909 bits per heavy atom. The number of aliphatic hydroxyl groups excluding tert-OH is 2. The van der Waals surface area contributed by atoms with Crippen molar-refractivity contribution in [2.24, 2.45) is 0 Å². The fraction of sp³-hybridized carbons (Fsp3) is 0.250. The summed E-state index contributed by atoms with van der Waals surface area (Å²) in [6, 6.07) is 16.1. The number of rotatable bonds is 6. The molecule has 0 fully saturated rings. The molecule has 1 atom stereocenters. The summed E-state index contributed by atoms with van der Waals surface area (Å²) in [5.74, 6) is 0. The third-order valence-corrected chi connectivity index (χ3v) is 5.24. The van der Waals surface area contributed by atoms with Crippen LogP contribution in [0.25, 0.3) is 0 Å². The summed E-state index contributed by atoms with van der Waals surface area (Å²) in [7, 11) is -4.72. The van der Waals surface area contributed by atoms with E-state index in [1.807, 2.05) is 0 Å². The first-order chi connectivity index (χ1) is 10.4. The van der Waals surface area contributed by atoms with Gasteiger partial charge in [-0.25, -0.2) is 0 Å². The number of hydrogen-bond acceptors (Lipinski definition) is 4. The van der Waals surface area contributed by atoms with E-state index < -0.39 is 27.6 Å². The molecule has 0 radical (unpaired) electrons. The molecular formula is C16H18O5S. The molecule has 22 heavy (non-hydrogen) atoms. The summed E-state index contributed by atoms with van der Waals surface area (Å²) < 4.78 is 32.5. The summed E-state index contributed by atoms with van der Waals surface area (Å²) >= 11 is 0. The van der Waals surface area contributed by atoms with E-state index in [-0.39, 0.29) is 17.5 Å². The number of benzene rings is 2. The Balaban J connectivity index is 2.82. The van der Waals surface area contributed by atoms with Crippen molar-refractivity contribution in [3.8, 4) is 0 Å². The Morgan fingerprint density at radius 2 is 1.32 bits per heavy atom. The Bertz CT molecular complexity index is 658. The Kier molecular flexibility index (Phi) is 4.97. The molecule has 0 aliphatic heterocycles. The van der Waals surface area contributed by atoms with Gasteiger partial charge >= 0.3 is 0 Å². The molecule has 2 aromatic carbocycles. The lowest BCUT2D eigenvalue weighted by Crippen LogP contribution is -2.47. The average molecular weight is 322 g/mol. The van der Waals surface area contributed by atoms with E-state index in [9.17, 15) is 18.1 Å². The maximum absolute atomic E-state index is 12.3. The smallest absolute Gasteiger partial charge is 0.281 e. The SMILES string of the molecule is O=S(=O)(O)C(c1ccccc1)(c1ccccc1)C(O)CCO. The zero-order valence-corrected chi connectivity index (χ0v) is 12.6. The molecule has 0 aromatic heterocycles. The number of hydrogen-bond donors (Lipinski definition) is 3. The Hall–Kier alpha value is -1.73. The summed E-state index contributed by atoms with van der Waals surface area (Å²) in [4.78, 5) is 0. The molecule has 0 aliphatic carbocycles. The lowest BCUT2D eigenvalue weighted by molar-refractivity contribution is 0.101. The van der Waals surface area contributed by atoms with E-state index in [0.717, 1.165) is 0 Å².